The maximum Gasteiger partial charge on any atom is 0.0237 e. The minimum atomic E-state index is 0.782. The van der Waals surface area contributed by atoms with E-state index in [-0.39, 0.29) is 0 Å². The smallest absolute Gasteiger partial charge is 0.0237 e. The average molecular weight is 331 g/mol. The molecule has 0 amide bonds. The molecule has 0 saturated heterocycles. The van der Waals surface area contributed by atoms with E-state index in [2.05, 4.69) is 53.3 Å². The predicted molar refractivity (Wildman–Crippen MR) is 105 cm³/mol. The fourth-order valence-corrected chi connectivity index (χ4v) is 3.33. The molecule has 0 aliphatic heterocycles. The fraction of sp³-hybridized carbons (Fsp3) is 0.600. The highest BCUT2D eigenvalue weighted by Crippen LogP contribution is 2.25. The van der Waals surface area contributed by atoms with Crippen molar-refractivity contribution in [2.24, 2.45) is 5.73 Å². The Labute approximate surface area is 146 Å². The van der Waals surface area contributed by atoms with Crippen LogP contribution in [0.25, 0.3) is 10.8 Å². The molecule has 0 aliphatic carbocycles. The Morgan fingerprint density at radius 1 is 0.792 bits per heavy atom. The first-order valence-electron chi connectivity index (χ1n) is 9.41. The lowest BCUT2D eigenvalue weighted by molar-refractivity contribution is 0.542. The van der Waals surface area contributed by atoms with Crippen LogP contribution in [-0.4, -0.2) is 37.3 Å². The molecular weight excluding hydrogens is 296 g/mol. The molecule has 4 nitrogen and oxygen atoms in total. The Morgan fingerprint density at radius 3 is 1.83 bits per heavy atom. The number of fused-ring (bicyclic) bond motifs is 1. The summed E-state index contributed by atoms with van der Waals surface area (Å²) in [5.74, 6) is 0. The fourth-order valence-electron chi connectivity index (χ4n) is 3.33. The monoisotopic (exact) mass is 330 g/mol. The number of nitrogens with zero attached hydrogens (tertiary/aromatic N) is 1. The van der Waals surface area contributed by atoms with E-state index < -0.39 is 0 Å². The standard InChI is InChI=1S/C20H34N4/c1-17-19-9-3-4-10-20(19)18(2)24(17)16-8-15-23-13-6-5-12-22-14-7-11-21/h3-4,9-10,22-23H,5-8,11-16,21H2,1-2H3. The van der Waals surface area contributed by atoms with Crippen molar-refractivity contribution in [3.05, 3.63) is 35.7 Å². The van der Waals surface area contributed by atoms with Gasteiger partial charge in [0.25, 0.3) is 0 Å². The summed E-state index contributed by atoms with van der Waals surface area (Å²) in [5.41, 5.74) is 8.26. The molecule has 1 aromatic carbocycles. The van der Waals surface area contributed by atoms with E-state index in [0.717, 1.165) is 45.7 Å². The number of hydrogen-bond acceptors (Lipinski definition) is 3. The molecule has 1 aromatic heterocycles. The van der Waals surface area contributed by atoms with E-state index in [4.69, 9.17) is 5.73 Å². The van der Waals surface area contributed by atoms with Gasteiger partial charge in [-0.2, -0.15) is 0 Å². The van der Waals surface area contributed by atoms with Crippen molar-refractivity contribution in [1.29, 1.82) is 0 Å². The molecule has 0 radical (unpaired) electrons. The lowest BCUT2D eigenvalue weighted by Crippen LogP contribution is -2.22. The summed E-state index contributed by atoms with van der Waals surface area (Å²) >= 11 is 0. The van der Waals surface area contributed by atoms with Crippen molar-refractivity contribution in [3.8, 4) is 0 Å². The quantitative estimate of drug-likeness (QED) is 0.525. The van der Waals surface area contributed by atoms with Gasteiger partial charge in [0.05, 0.1) is 0 Å². The van der Waals surface area contributed by atoms with Gasteiger partial charge in [-0.1, -0.05) is 24.3 Å². The second-order valence-electron chi connectivity index (χ2n) is 6.57. The maximum atomic E-state index is 5.47. The summed E-state index contributed by atoms with van der Waals surface area (Å²) in [6.07, 6.45) is 4.72. The van der Waals surface area contributed by atoms with E-state index in [1.807, 2.05) is 0 Å². The summed E-state index contributed by atoms with van der Waals surface area (Å²) in [5, 5.41) is 9.78. The third-order valence-corrected chi connectivity index (χ3v) is 4.77. The SMILES string of the molecule is Cc1c2ccccc2c(C)n1CCCNCCCCNCCCN. The van der Waals surface area contributed by atoms with Crippen LogP contribution in [0, 0.1) is 13.8 Å². The summed E-state index contributed by atoms with van der Waals surface area (Å²) < 4.78 is 2.47. The third kappa shape index (κ3) is 5.33. The van der Waals surface area contributed by atoms with E-state index >= 15 is 0 Å². The Morgan fingerprint density at radius 2 is 1.29 bits per heavy atom. The molecule has 0 saturated carbocycles. The van der Waals surface area contributed by atoms with Crippen LogP contribution in [0.4, 0.5) is 0 Å². The molecule has 134 valence electrons. The Bertz CT molecular complexity index is 564. The van der Waals surface area contributed by atoms with Crippen LogP contribution in [0.5, 0.6) is 0 Å². The highest BCUT2D eigenvalue weighted by molar-refractivity contribution is 5.88. The van der Waals surface area contributed by atoms with Crippen LogP contribution < -0.4 is 16.4 Å². The average Bonchev–Trinajstić information content (AvgIpc) is 2.84. The molecule has 2 aromatic rings. The number of aromatic nitrogens is 1. The van der Waals surface area contributed by atoms with Gasteiger partial charge in [0.1, 0.15) is 0 Å². The van der Waals surface area contributed by atoms with Crippen LogP contribution in [0.1, 0.15) is 37.1 Å². The molecule has 24 heavy (non-hydrogen) atoms. The zero-order valence-electron chi connectivity index (χ0n) is 15.4. The van der Waals surface area contributed by atoms with E-state index in [9.17, 15) is 0 Å². The molecule has 0 spiro atoms. The minimum absolute atomic E-state index is 0.782. The zero-order valence-corrected chi connectivity index (χ0v) is 15.4. The largest absolute Gasteiger partial charge is 0.348 e. The minimum Gasteiger partial charge on any atom is -0.348 e. The summed E-state index contributed by atoms with van der Waals surface area (Å²) in [6.45, 7) is 10.7. The molecule has 4 heteroatoms. The molecule has 0 fully saturated rings. The topological polar surface area (TPSA) is 55.0 Å². The highest BCUT2D eigenvalue weighted by atomic mass is 15.0. The number of hydrogen-bond donors (Lipinski definition) is 3. The van der Waals surface area contributed by atoms with Gasteiger partial charge in [0.15, 0.2) is 0 Å². The molecular formula is C20H34N4. The number of nitrogens with one attached hydrogen (secondary N) is 2. The number of unbranched alkanes of at least 4 members (excludes halogenated alkanes) is 1. The first kappa shape index (κ1) is 19.0. The molecule has 2 rings (SSSR count). The van der Waals surface area contributed by atoms with Crippen LogP contribution >= 0.6 is 0 Å². The lowest BCUT2D eigenvalue weighted by Gasteiger charge is -2.10. The van der Waals surface area contributed by atoms with Gasteiger partial charge in [-0.3, -0.25) is 0 Å². The zero-order chi connectivity index (χ0) is 17.2. The van der Waals surface area contributed by atoms with Gasteiger partial charge in [0, 0.05) is 28.7 Å². The van der Waals surface area contributed by atoms with Crippen LogP contribution in [0.3, 0.4) is 0 Å². The van der Waals surface area contributed by atoms with Crippen molar-refractivity contribution in [1.82, 2.24) is 15.2 Å². The van der Waals surface area contributed by atoms with Gasteiger partial charge < -0.3 is 20.9 Å². The van der Waals surface area contributed by atoms with Crippen molar-refractivity contribution >= 4 is 10.8 Å². The number of nitrogens with two attached hydrogens (primary N) is 1. The second-order valence-corrected chi connectivity index (χ2v) is 6.57. The first-order chi connectivity index (χ1) is 11.8. The van der Waals surface area contributed by atoms with E-state index in [1.54, 1.807) is 0 Å². The van der Waals surface area contributed by atoms with Crippen LogP contribution in [-0.2, 0) is 6.54 Å². The van der Waals surface area contributed by atoms with Gasteiger partial charge >= 0.3 is 0 Å². The van der Waals surface area contributed by atoms with Gasteiger partial charge in [-0.05, 0) is 72.3 Å². The van der Waals surface area contributed by atoms with Gasteiger partial charge in [-0.15, -0.1) is 0 Å². The van der Waals surface area contributed by atoms with Crippen molar-refractivity contribution < 1.29 is 0 Å². The Balaban J connectivity index is 1.60. The van der Waals surface area contributed by atoms with Gasteiger partial charge in [-0.25, -0.2) is 0 Å². The maximum absolute atomic E-state index is 5.47. The third-order valence-electron chi connectivity index (χ3n) is 4.77. The van der Waals surface area contributed by atoms with Crippen molar-refractivity contribution in [3.63, 3.8) is 0 Å². The molecule has 0 bridgehead atoms. The normalized spacial score (nSPS) is 11.5. The first-order valence-corrected chi connectivity index (χ1v) is 9.41. The van der Waals surface area contributed by atoms with E-state index in [0.29, 0.717) is 0 Å². The molecule has 4 N–H and O–H groups in total. The number of aryl methyl sites for hydroxylation is 2. The Hall–Kier alpha value is -1.36. The molecule has 0 aliphatic rings. The van der Waals surface area contributed by atoms with Crippen molar-refractivity contribution in [2.45, 2.75) is 46.1 Å². The number of benzene rings is 1. The highest BCUT2D eigenvalue weighted by Gasteiger charge is 2.09. The Kier molecular flexibility index (Phi) is 8.29. The summed E-state index contributed by atoms with van der Waals surface area (Å²) in [6, 6.07) is 8.72. The van der Waals surface area contributed by atoms with Gasteiger partial charge in [0.2, 0.25) is 0 Å². The molecule has 0 unspecified atom stereocenters. The van der Waals surface area contributed by atoms with Crippen molar-refractivity contribution in [2.75, 3.05) is 32.7 Å². The van der Waals surface area contributed by atoms with E-state index in [1.165, 1.54) is 41.4 Å². The predicted octanol–water partition coefficient (Wildman–Crippen LogP) is 2.96. The second kappa shape index (κ2) is 10.5. The molecule has 0 atom stereocenters. The van der Waals surface area contributed by atoms with Crippen LogP contribution in [0.2, 0.25) is 0 Å². The lowest BCUT2D eigenvalue weighted by atomic mass is 10.1. The summed E-state index contributed by atoms with van der Waals surface area (Å²) in [7, 11) is 0. The van der Waals surface area contributed by atoms with Crippen LogP contribution in [0.15, 0.2) is 24.3 Å². The summed E-state index contributed by atoms with van der Waals surface area (Å²) in [4.78, 5) is 0. The number of rotatable bonds is 12. The molecule has 1 heterocycles.